The van der Waals surface area contributed by atoms with Gasteiger partial charge in [0.15, 0.2) is 18.4 Å². The molecule has 2 aromatic heterocycles. The molecule has 1 aliphatic heterocycles. The predicted molar refractivity (Wildman–Crippen MR) is 158 cm³/mol. The summed E-state index contributed by atoms with van der Waals surface area (Å²) in [6, 6.07) is 24.4. The number of fused-ring (bicyclic) bond motifs is 1. The standard InChI is InChI=1S/C32H26N4O9/c1-35-24-22(17-33-35)36(32(41)34-27(24)37)28-26(45-31(40)21-15-9-4-10-16-21)25(44-30(39)20-13-7-3-8-14-20)23(43-28)18-42-29(38)19-11-5-2-6-12-19/h2-17,23,25-26,28H,18H2,1H3,(H,34,37,41)/t23-,25-,26-,28?/m1/s1. The highest BCUT2D eigenvalue weighted by Gasteiger charge is 2.52. The van der Waals surface area contributed by atoms with E-state index in [0.717, 1.165) is 4.57 Å². The van der Waals surface area contributed by atoms with E-state index in [4.69, 9.17) is 18.9 Å². The van der Waals surface area contributed by atoms with Crippen LogP contribution < -0.4 is 11.2 Å². The van der Waals surface area contributed by atoms with E-state index in [1.54, 1.807) is 66.7 Å². The molecule has 5 aromatic rings. The van der Waals surface area contributed by atoms with Crippen molar-refractivity contribution in [2.75, 3.05) is 6.61 Å². The summed E-state index contributed by atoms with van der Waals surface area (Å²) >= 11 is 0. The van der Waals surface area contributed by atoms with Crippen molar-refractivity contribution < 1.29 is 33.3 Å². The zero-order valence-corrected chi connectivity index (χ0v) is 23.8. The molecule has 0 bridgehead atoms. The highest BCUT2D eigenvalue weighted by Crippen LogP contribution is 2.36. The van der Waals surface area contributed by atoms with Crippen LogP contribution in [0.25, 0.3) is 11.0 Å². The van der Waals surface area contributed by atoms with E-state index in [2.05, 4.69) is 10.1 Å². The number of aromatic nitrogens is 4. The van der Waals surface area contributed by atoms with Crippen molar-refractivity contribution in [3.8, 4) is 0 Å². The number of rotatable bonds is 8. The van der Waals surface area contributed by atoms with Crippen LogP contribution in [0.5, 0.6) is 0 Å². The number of carbonyl (C=O) groups excluding carboxylic acids is 3. The summed E-state index contributed by atoms with van der Waals surface area (Å²) in [4.78, 5) is 67.7. The SMILES string of the molecule is Cn1ncc2c1c(=O)[nH]c(=O)n2C1O[C@H](COC(=O)c2ccccc2)[C@@H](OC(=O)c2ccccc2)[C@H]1OC(=O)c1ccccc1. The number of aryl methyl sites for hydroxylation is 1. The molecule has 3 heterocycles. The molecule has 0 spiro atoms. The van der Waals surface area contributed by atoms with Gasteiger partial charge in [0.25, 0.3) is 5.56 Å². The van der Waals surface area contributed by atoms with Gasteiger partial charge >= 0.3 is 23.6 Å². The lowest BCUT2D eigenvalue weighted by Crippen LogP contribution is -2.43. The first kappa shape index (κ1) is 29.3. The normalized spacial score (nSPS) is 19.2. The highest BCUT2D eigenvalue weighted by molar-refractivity contribution is 5.91. The molecule has 1 fully saturated rings. The number of H-pyrrole nitrogens is 1. The van der Waals surface area contributed by atoms with E-state index in [1.807, 2.05) is 0 Å². The third kappa shape index (κ3) is 5.88. The van der Waals surface area contributed by atoms with Gasteiger partial charge in [-0.3, -0.25) is 19.0 Å². The second-order valence-electron chi connectivity index (χ2n) is 10.1. The third-order valence-electron chi connectivity index (χ3n) is 7.27. The Labute approximate surface area is 254 Å². The van der Waals surface area contributed by atoms with Gasteiger partial charge in [0.1, 0.15) is 18.2 Å². The lowest BCUT2D eigenvalue weighted by molar-refractivity contribution is -0.0620. The number of esters is 3. The van der Waals surface area contributed by atoms with Crippen LogP contribution in [0.1, 0.15) is 37.3 Å². The van der Waals surface area contributed by atoms with E-state index in [0.29, 0.717) is 0 Å². The number of hydrogen-bond acceptors (Lipinski definition) is 10. The van der Waals surface area contributed by atoms with Crippen LogP contribution in [0.3, 0.4) is 0 Å². The van der Waals surface area contributed by atoms with Crippen molar-refractivity contribution in [3.63, 3.8) is 0 Å². The summed E-state index contributed by atoms with van der Waals surface area (Å²) < 4.78 is 25.9. The van der Waals surface area contributed by atoms with Crippen molar-refractivity contribution in [2.45, 2.75) is 24.5 Å². The smallest absolute Gasteiger partial charge is 0.338 e. The monoisotopic (exact) mass is 610 g/mol. The second-order valence-corrected chi connectivity index (χ2v) is 10.1. The van der Waals surface area contributed by atoms with Crippen molar-refractivity contribution in [2.24, 2.45) is 7.05 Å². The van der Waals surface area contributed by atoms with Crippen LogP contribution in [-0.2, 0) is 26.0 Å². The molecule has 45 heavy (non-hydrogen) atoms. The molecule has 1 unspecified atom stereocenters. The maximum atomic E-state index is 13.4. The molecule has 13 heteroatoms. The van der Waals surface area contributed by atoms with Crippen LogP contribution in [0.4, 0.5) is 0 Å². The minimum Gasteiger partial charge on any atom is -0.459 e. The van der Waals surface area contributed by atoms with Crippen molar-refractivity contribution in [3.05, 3.63) is 135 Å². The minimum absolute atomic E-state index is 0.0446. The zero-order chi connectivity index (χ0) is 31.5. The fraction of sp³-hybridized carbons (Fsp3) is 0.188. The van der Waals surface area contributed by atoms with Crippen LogP contribution in [0.15, 0.2) is 107 Å². The lowest BCUT2D eigenvalue weighted by Gasteiger charge is -2.25. The molecule has 6 rings (SSSR count). The summed E-state index contributed by atoms with van der Waals surface area (Å²) in [5.41, 5.74) is -0.807. The van der Waals surface area contributed by atoms with E-state index >= 15 is 0 Å². The quantitative estimate of drug-likeness (QED) is 0.204. The number of hydrogen-bond donors (Lipinski definition) is 1. The third-order valence-corrected chi connectivity index (χ3v) is 7.27. The molecule has 228 valence electrons. The van der Waals surface area contributed by atoms with E-state index in [-0.39, 0.29) is 27.7 Å². The highest BCUT2D eigenvalue weighted by atomic mass is 16.7. The van der Waals surface area contributed by atoms with Crippen molar-refractivity contribution in [1.82, 2.24) is 19.3 Å². The minimum atomic E-state index is -1.45. The fourth-order valence-corrected chi connectivity index (χ4v) is 5.11. The van der Waals surface area contributed by atoms with Crippen LogP contribution >= 0.6 is 0 Å². The van der Waals surface area contributed by atoms with E-state index in [9.17, 15) is 24.0 Å². The van der Waals surface area contributed by atoms with Gasteiger partial charge in [0, 0.05) is 7.05 Å². The van der Waals surface area contributed by atoms with Gasteiger partial charge in [0.05, 0.1) is 28.4 Å². The van der Waals surface area contributed by atoms with Crippen molar-refractivity contribution in [1.29, 1.82) is 0 Å². The van der Waals surface area contributed by atoms with Gasteiger partial charge in [0.2, 0.25) is 0 Å². The Morgan fingerprint density at radius 1 is 0.778 bits per heavy atom. The maximum absolute atomic E-state index is 13.4. The molecule has 4 atom stereocenters. The van der Waals surface area contributed by atoms with Gasteiger partial charge < -0.3 is 18.9 Å². The molecule has 3 aromatic carbocycles. The van der Waals surface area contributed by atoms with Gasteiger partial charge in [-0.15, -0.1) is 0 Å². The number of nitrogens with zero attached hydrogens (tertiary/aromatic N) is 3. The summed E-state index contributed by atoms with van der Waals surface area (Å²) in [5.74, 6) is -2.24. The first-order valence-electron chi connectivity index (χ1n) is 13.9. The summed E-state index contributed by atoms with van der Waals surface area (Å²) in [6.07, 6.45) is -4.18. The number of ether oxygens (including phenoxy) is 4. The number of aromatic amines is 1. The second kappa shape index (κ2) is 12.4. The molecule has 1 saturated heterocycles. The predicted octanol–water partition coefficient (Wildman–Crippen LogP) is 2.63. The first-order chi connectivity index (χ1) is 21.8. The molecular formula is C32H26N4O9. The number of nitrogens with one attached hydrogen (secondary N) is 1. The number of benzene rings is 3. The van der Waals surface area contributed by atoms with Gasteiger partial charge in [-0.1, -0.05) is 54.6 Å². The Kier molecular flexibility index (Phi) is 8.08. The Morgan fingerprint density at radius 3 is 1.84 bits per heavy atom. The average molecular weight is 611 g/mol. The summed E-state index contributed by atoms with van der Waals surface area (Å²) in [5, 5.41) is 4.10. The molecular weight excluding hydrogens is 584 g/mol. The van der Waals surface area contributed by atoms with Gasteiger partial charge in [-0.2, -0.15) is 5.10 Å². The molecule has 1 aliphatic rings. The summed E-state index contributed by atoms with van der Waals surface area (Å²) in [6.45, 7) is -0.440. The largest absolute Gasteiger partial charge is 0.459 e. The fourth-order valence-electron chi connectivity index (χ4n) is 5.11. The Hall–Kier alpha value is -5.82. The average Bonchev–Trinajstić information content (AvgIpc) is 3.61. The van der Waals surface area contributed by atoms with Gasteiger partial charge in [-0.25, -0.2) is 19.2 Å². The molecule has 0 radical (unpaired) electrons. The molecule has 1 N–H and O–H groups in total. The molecule has 0 amide bonds. The number of carbonyl (C=O) groups is 3. The van der Waals surface area contributed by atoms with Gasteiger partial charge in [-0.05, 0) is 36.4 Å². The molecule has 13 nitrogen and oxygen atoms in total. The van der Waals surface area contributed by atoms with E-state index < -0.39 is 60.3 Å². The van der Waals surface area contributed by atoms with Crippen molar-refractivity contribution >= 4 is 28.9 Å². The Balaban J connectivity index is 1.43. The topological polar surface area (TPSA) is 161 Å². The summed E-state index contributed by atoms with van der Waals surface area (Å²) in [7, 11) is 1.52. The first-order valence-corrected chi connectivity index (χ1v) is 13.9. The molecule has 0 saturated carbocycles. The van der Waals surface area contributed by atoms with Crippen LogP contribution in [0, 0.1) is 0 Å². The van der Waals surface area contributed by atoms with E-state index in [1.165, 1.54) is 42.2 Å². The maximum Gasteiger partial charge on any atom is 0.338 e. The molecule has 0 aliphatic carbocycles. The Bertz CT molecular complexity index is 1970. The lowest BCUT2D eigenvalue weighted by atomic mass is 10.1. The van der Waals surface area contributed by atoms with Crippen LogP contribution in [0.2, 0.25) is 0 Å². The Morgan fingerprint density at radius 2 is 1.29 bits per heavy atom. The van der Waals surface area contributed by atoms with Crippen LogP contribution in [-0.4, -0.2) is 62.2 Å². The zero-order valence-electron chi connectivity index (χ0n) is 23.8.